The van der Waals surface area contributed by atoms with Crippen LogP contribution in [0.25, 0.3) is 11.3 Å². The molecule has 2 heterocycles. The Morgan fingerprint density at radius 3 is 2.43 bits per heavy atom. The molecule has 0 aliphatic carbocycles. The maximum absolute atomic E-state index is 13.3. The number of halogens is 6. The molecule has 1 N–H and O–H groups in total. The van der Waals surface area contributed by atoms with Gasteiger partial charge in [-0.2, -0.15) is 36.5 Å². The van der Waals surface area contributed by atoms with Gasteiger partial charge in [0, 0.05) is 18.2 Å². The Kier molecular flexibility index (Phi) is 4.69. The average molecular weight is 406 g/mol. The van der Waals surface area contributed by atoms with Crippen molar-refractivity contribution in [2.45, 2.75) is 24.5 Å². The van der Waals surface area contributed by atoms with Crippen LogP contribution in [0.5, 0.6) is 5.75 Å². The molecule has 0 unspecified atom stereocenters. The predicted molar refractivity (Wildman–Crippen MR) is 85.6 cm³/mol. The highest BCUT2D eigenvalue weighted by atomic mass is 19.4. The maximum atomic E-state index is 13.3. The number of anilines is 1. The van der Waals surface area contributed by atoms with Crippen LogP contribution >= 0.6 is 0 Å². The molecule has 28 heavy (non-hydrogen) atoms. The van der Waals surface area contributed by atoms with Crippen molar-refractivity contribution in [3.8, 4) is 17.0 Å². The number of methoxy groups -OCH3 is 1. The van der Waals surface area contributed by atoms with Crippen molar-refractivity contribution < 1.29 is 36.2 Å². The van der Waals surface area contributed by atoms with Crippen LogP contribution in [0.15, 0.2) is 35.4 Å². The van der Waals surface area contributed by atoms with E-state index in [-0.39, 0.29) is 16.3 Å². The summed E-state index contributed by atoms with van der Waals surface area (Å²) in [6.45, 7) is 0. The van der Waals surface area contributed by atoms with Gasteiger partial charge < -0.3 is 9.84 Å². The lowest BCUT2D eigenvalue weighted by Crippen LogP contribution is -2.55. The molecular formula is C16H12F6N4O2. The second kappa shape index (κ2) is 6.62. The number of alkyl halides is 6. The molecule has 1 aromatic carbocycles. The molecule has 0 bridgehead atoms. The molecule has 12 heteroatoms. The van der Waals surface area contributed by atoms with Gasteiger partial charge in [-0.25, -0.2) is 9.97 Å². The molecule has 1 aliphatic rings. The molecule has 0 fully saturated rings. The van der Waals surface area contributed by atoms with Gasteiger partial charge in [0.1, 0.15) is 5.75 Å². The van der Waals surface area contributed by atoms with Crippen molar-refractivity contribution in [2.24, 2.45) is 5.10 Å². The van der Waals surface area contributed by atoms with Crippen molar-refractivity contribution in [3.05, 3.63) is 36.0 Å². The number of nitrogens with zero attached hydrogens (tertiary/aromatic N) is 4. The van der Waals surface area contributed by atoms with E-state index in [0.717, 1.165) is 6.21 Å². The van der Waals surface area contributed by atoms with E-state index < -0.39 is 36.1 Å². The van der Waals surface area contributed by atoms with Gasteiger partial charge in [0.05, 0.1) is 12.8 Å². The first-order chi connectivity index (χ1) is 13.0. The molecule has 0 radical (unpaired) electrons. The molecule has 0 saturated heterocycles. The standard InChI is InChI=1S/C16H12F6N4O2/c1-28-10-4-2-3-9(7-10)11-8-12(15(17,18)19)25-13(24-11)26-14(27,5-6-23-26)16(20,21)22/h2-4,6-8,27H,5H2,1H3/t14-/m1/s1. The lowest BCUT2D eigenvalue weighted by atomic mass is 10.1. The van der Waals surface area contributed by atoms with Gasteiger partial charge in [-0.3, -0.25) is 0 Å². The Balaban J connectivity index is 2.18. The van der Waals surface area contributed by atoms with E-state index in [0.29, 0.717) is 11.8 Å². The highest BCUT2D eigenvalue weighted by molar-refractivity contribution is 5.68. The van der Waals surface area contributed by atoms with Gasteiger partial charge >= 0.3 is 12.4 Å². The first-order valence-corrected chi connectivity index (χ1v) is 7.68. The Hall–Kier alpha value is -2.89. The number of hydrazone groups is 1. The smallest absolute Gasteiger partial charge is 0.438 e. The summed E-state index contributed by atoms with van der Waals surface area (Å²) < 4.78 is 84.6. The van der Waals surface area contributed by atoms with E-state index >= 15 is 0 Å². The SMILES string of the molecule is COc1cccc(-c2cc(C(F)(F)F)nc(N3N=CC[C@@]3(O)C(F)(F)F)n2)c1. The molecule has 0 amide bonds. The lowest BCUT2D eigenvalue weighted by molar-refractivity contribution is -0.254. The van der Waals surface area contributed by atoms with Crippen LogP contribution in [0.3, 0.4) is 0 Å². The van der Waals surface area contributed by atoms with E-state index in [9.17, 15) is 31.4 Å². The minimum Gasteiger partial charge on any atom is -0.497 e. The van der Waals surface area contributed by atoms with Crippen LogP contribution in [0.4, 0.5) is 32.3 Å². The first-order valence-electron chi connectivity index (χ1n) is 7.68. The summed E-state index contributed by atoms with van der Waals surface area (Å²) in [6, 6.07) is 6.35. The minimum atomic E-state index is -5.21. The van der Waals surface area contributed by atoms with Crippen LogP contribution in [-0.2, 0) is 6.18 Å². The summed E-state index contributed by atoms with van der Waals surface area (Å²) in [4.78, 5) is 6.92. The Bertz CT molecular complexity index is 915. The monoisotopic (exact) mass is 406 g/mol. The zero-order valence-corrected chi connectivity index (χ0v) is 14.1. The minimum absolute atomic E-state index is 0.0636. The third kappa shape index (κ3) is 3.46. The number of aliphatic hydroxyl groups is 1. The summed E-state index contributed by atoms with van der Waals surface area (Å²) in [5, 5.41) is 13.2. The highest BCUT2D eigenvalue weighted by Gasteiger charge is 2.61. The van der Waals surface area contributed by atoms with E-state index in [4.69, 9.17) is 4.74 Å². The fraction of sp³-hybridized carbons (Fsp3) is 0.312. The van der Waals surface area contributed by atoms with Crippen molar-refractivity contribution in [2.75, 3.05) is 12.1 Å². The van der Waals surface area contributed by atoms with Crippen LogP contribution in [0, 0.1) is 0 Å². The second-order valence-corrected chi connectivity index (χ2v) is 5.80. The van der Waals surface area contributed by atoms with E-state index in [1.54, 1.807) is 0 Å². The number of ether oxygens (including phenoxy) is 1. The number of hydrogen-bond acceptors (Lipinski definition) is 6. The summed E-state index contributed by atoms with van der Waals surface area (Å²) in [5.41, 5.74) is -5.21. The molecule has 150 valence electrons. The van der Waals surface area contributed by atoms with Crippen molar-refractivity contribution in [3.63, 3.8) is 0 Å². The van der Waals surface area contributed by atoms with E-state index in [2.05, 4.69) is 15.1 Å². The second-order valence-electron chi connectivity index (χ2n) is 5.80. The molecule has 2 aromatic rings. The van der Waals surface area contributed by atoms with E-state index in [1.807, 2.05) is 0 Å². The number of rotatable bonds is 3. The zero-order valence-electron chi connectivity index (χ0n) is 14.1. The normalized spacial score (nSPS) is 19.9. The number of benzene rings is 1. The van der Waals surface area contributed by atoms with Crippen molar-refractivity contribution in [1.82, 2.24) is 9.97 Å². The summed E-state index contributed by atoms with van der Waals surface area (Å²) in [5.74, 6) is -0.738. The van der Waals surface area contributed by atoms with Crippen molar-refractivity contribution in [1.29, 1.82) is 0 Å². The van der Waals surface area contributed by atoms with Gasteiger partial charge in [-0.1, -0.05) is 12.1 Å². The molecule has 1 atom stereocenters. The fourth-order valence-electron chi connectivity index (χ4n) is 2.49. The average Bonchev–Trinajstić information content (AvgIpc) is 3.03. The fourth-order valence-corrected chi connectivity index (χ4v) is 2.49. The molecular weight excluding hydrogens is 394 g/mol. The quantitative estimate of drug-likeness (QED) is 0.789. The van der Waals surface area contributed by atoms with Crippen LogP contribution < -0.4 is 9.75 Å². The molecule has 1 aromatic heterocycles. The highest BCUT2D eigenvalue weighted by Crippen LogP contribution is 2.41. The third-order valence-electron chi connectivity index (χ3n) is 3.94. The Morgan fingerprint density at radius 2 is 1.82 bits per heavy atom. The third-order valence-corrected chi connectivity index (χ3v) is 3.94. The topological polar surface area (TPSA) is 70.8 Å². The molecule has 0 saturated carbocycles. The lowest BCUT2D eigenvalue weighted by Gasteiger charge is -2.32. The molecule has 0 spiro atoms. The van der Waals surface area contributed by atoms with Gasteiger partial charge in [0.25, 0.3) is 5.72 Å². The van der Waals surface area contributed by atoms with Crippen LogP contribution in [0.1, 0.15) is 12.1 Å². The van der Waals surface area contributed by atoms with Crippen LogP contribution in [-0.4, -0.2) is 40.3 Å². The summed E-state index contributed by atoms with van der Waals surface area (Å²) in [6.07, 6.45) is -10.4. The Morgan fingerprint density at radius 1 is 1.11 bits per heavy atom. The van der Waals surface area contributed by atoms with E-state index in [1.165, 1.54) is 31.4 Å². The summed E-state index contributed by atoms with van der Waals surface area (Å²) in [7, 11) is 1.34. The summed E-state index contributed by atoms with van der Waals surface area (Å²) >= 11 is 0. The number of aromatic nitrogens is 2. The predicted octanol–water partition coefficient (Wildman–Crippen LogP) is 3.62. The maximum Gasteiger partial charge on any atom is 0.438 e. The molecule has 1 aliphatic heterocycles. The Labute approximate surface area is 154 Å². The van der Waals surface area contributed by atoms with Gasteiger partial charge in [0.2, 0.25) is 5.95 Å². The number of hydrogen-bond donors (Lipinski definition) is 1. The largest absolute Gasteiger partial charge is 0.497 e. The van der Waals surface area contributed by atoms with Crippen LogP contribution in [0.2, 0.25) is 0 Å². The van der Waals surface area contributed by atoms with Gasteiger partial charge in [-0.15, -0.1) is 0 Å². The molecule has 3 rings (SSSR count). The van der Waals surface area contributed by atoms with Crippen molar-refractivity contribution >= 4 is 12.2 Å². The van der Waals surface area contributed by atoms with Gasteiger partial charge in [-0.05, 0) is 18.2 Å². The molecule has 6 nitrogen and oxygen atoms in total. The first kappa shape index (κ1) is 19.9. The zero-order chi connectivity index (χ0) is 20.7. The van der Waals surface area contributed by atoms with Gasteiger partial charge in [0.15, 0.2) is 5.69 Å².